The molecule has 1 N–H and O–H groups in total. The van der Waals surface area contributed by atoms with Crippen molar-refractivity contribution in [2.24, 2.45) is 5.10 Å². The minimum Gasteiger partial charge on any atom is -0.274 e. The molecule has 0 aromatic rings. The molecular weight excluding hydrogens is 116 g/mol. The van der Waals surface area contributed by atoms with Gasteiger partial charge < -0.3 is 0 Å². The van der Waals surface area contributed by atoms with Crippen molar-refractivity contribution in [3.05, 3.63) is 0 Å². The quantitative estimate of drug-likeness (QED) is 0.420. The summed E-state index contributed by atoms with van der Waals surface area (Å²) in [6, 6.07) is 0. The van der Waals surface area contributed by atoms with Crippen molar-refractivity contribution >= 4 is 12.1 Å². The number of nitrogens with one attached hydrogen (secondary N) is 1. The molecule has 0 rings (SSSR count). The molecule has 0 aromatic carbocycles. The molecule has 0 unspecified atom stereocenters. The van der Waals surface area contributed by atoms with Crippen LogP contribution in [0.4, 0.5) is 0 Å². The fourth-order valence-electron chi connectivity index (χ4n) is 0.155. The van der Waals surface area contributed by atoms with Crippen LogP contribution in [0.1, 0.15) is 27.7 Å². The molecule has 0 aliphatic heterocycles. The molecule has 0 aromatic heterocycles. The fraction of sp³-hybridized carbons (Fsp3) is 0.667. The number of carbonyl (C=O) groups is 1. The minimum atomic E-state index is -0.141. The first kappa shape index (κ1) is 11.0. The molecule has 0 saturated carbocycles. The minimum absolute atomic E-state index is 0.141. The standard InChI is InChI=1S/C4H8N2O.C2H6/c1-3-5-6-4(2)7;1-2/h3H,1-2H3,(H,6,7);1-2H3/b5-3-;. The lowest BCUT2D eigenvalue weighted by Gasteiger charge is -1.84. The van der Waals surface area contributed by atoms with Crippen LogP contribution in [0.2, 0.25) is 0 Å². The molecule has 0 radical (unpaired) electrons. The number of hydrazone groups is 1. The Balaban J connectivity index is 0. The van der Waals surface area contributed by atoms with E-state index in [1.54, 1.807) is 6.92 Å². The van der Waals surface area contributed by atoms with Crippen LogP contribution < -0.4 is 5.43 Å². The first-order valence-electron chi connectivity index (χ1n) is 3.01. The highest BCUT2D eigenvalue weighted by Gasteiger charge is 1.78. The van der Waals surface area contributed by atoms with Crippen LogP contribution in [0.3, 0.4) is 0 Å². The highest BCUT2D eigenvalue weighted by Crippen LogP contribution is 1.56. The molecule has 1 amide bonds. The summed E-state index contributed by atoms with van der Waals surface area (Å²) in [6.07, 6.45) is 1.52. The van der Waals surface area contributed by atoms with Gasteiger partial charge in [-0.25, -0.2) is 5.43 Å². The van der Waals surface area contributed by atoms with Gasteiger partial charge in [-0.3, -0.25) is 4.79 Å². The summed E-state index contributed by atoms with van der Waals surface area (Å²) in [5, 5.41) is 3.45. The summed E-state index contributed by atoms with van der Waals surface area (Å²) in [6.45, 7) is 7.14. The third kappa shape index (κ3) is 19.1. The number of hydrogen-bond acceptors (Lipinski definition) is 2. The van der Waals surface area contributed by atoms with Crippen LogP contribution in [-0.4, -0.2) is 12.1 Å². The number of nitrogens with zero attached hydrogens (tertiary/aromatic N) is 1. The molecule has 0 atom stereocenters. The maximum Gasteiger partial charge on any atom is 0.236 e. The maximum atomic E-state index is 9.98. The predicted octanol–water partition coefficient (Wildman–Crippen LogP) is 1.15. The van der Waals surface area contributed by atoms with Crippen LogP contribution in [0, 0.1) is 0 Å². The lowest BCUT2D eigenvalue weighted by atomic mass is 10.8. The van der Waals surface area contributed by atoms with E-state index in [0.717, 1.165) is 0 Å². The molecule has 3 nitrogen and oxygen atoms in total. The van der Waals surface area contributed by atoms with Gasteiger partial charge in [0, 0.05) is 13.1 Å². The van der Waals surface area contributed by atoms with Gasteiger partial charge in [0.05, 0.1) is 0 Å². The van der Waals surface area contributed by atoms with E-state index in [-0.39, 0.29) is 5.91 Å². The van der Waals surface area contributed by atoms with E-state index in [0.29, 0.717) is 0 Å². The largest absolute Gasteiger partial charge is 0.274 e. The molecule has 0 aliphatic rings. The predicted molar refractivity (Wildman–Crippen MR) is 39.3 cm³/mol. The van der Waals surface area contributed by atoms with E-state index in [2.05, 4.69) is 10.5 Å². The molecule has 9 heavy (non-hydrogen) atoms. The molecule has 0 aliphatic carbocycles. The van der Waals surface area contributed by atoms with Crippen molar-refractivity contribution in [3.63, 3.8) is 0 Å². The first-order valence-corrected chi connectivity index (χ1v) is 3.01. The van der Waals surface area contributed by atoms with E-state index in [1.807, 2.05) is 13.8 Å². The Kier molecular flexibility index (Phi) is 12.5. The summed E-state index contributed by atoms with van der Waals surface area (Å²) in [5.41, 5.74) is 2.23. The zero-order valence-electron chi connectivity index (χ0n) is 6.43. The summed E-state index contributed by atoms with van der Waals surface area (Å²) in [7, 11) is 0. The molecule has 0 spiro atoms. The van der Waals surface area contributed by atoms with Crippen molar-refractivity contribution < 1.29 is 4.79 Å². The van der Waals surface area contributed by atoms with Gasteiger partial charge >= 0.3 is 0 Å². The van der Waals surface area contributed by atoms with E-state index in [4.69, 9.17) is 0 Å². The lowest BCUT2D eigenvalue weighted by Crippen LogP contribution is -2.11. The van der Waals surface area contributed by atoms with Gasteiger partial charge in [0.25, 0.3) is 0 Å². The second-order valence-electron chi connectivity index (χ2n) is 1.06. The summed E-state index contributed by atoms with van der Waals surface area (Å²) < 4.78 is 0. The molecule has 0 saturated heterocycles. The van der Waals surface area contributed by atoms with Gasteiger partial charge in [-0.15, -0.1) is 0 Å². The van der Waals surface area contributed by atoms with Gasteiger partial charge in [-0.1, -0.05) is 13.8 Å². The zero-order chi connectivity index (χ0) is 7.70. The Bertz CT molecular complexity index is 89.1. The third-order valence-corrected chi connectivity index (χ3v) is 0.351. The summed E-state index contributed by atoms with van der Waals surface area (Å²) in [5.74, 6) is -0.141. The zero-order valence-corrected chi connectivity index (χ0v) is 6.43. The molecule has 0 fully saturated rings. The molecule has 0 bridgehead atoms. The Morgan fingerprint density at radius 3 is 2.11 bits per heavy atom. The fourth-order valence-corrected chi connectivity index (χ4v) is 0.155. The first-order chi connectivity index (χ1) is 4.27. The van der Waals surface area contributed by atoms with Gasteiger partial charge in [-0.05, 0) is 6.92 Å². The normalized spacial score (nSPS) is 8.00. The third-order valence-electron chi connectivity index (χ3n) is 0.351. The van der Waals surface area contributed by atoms with Crippen molar-refractivity contribution in [3.8, 4) is 0 Å². The van der Waals surface area contributed by atoms with Crippen molar-refractivity contribution in [1.82, 2.24) is 5.43 Å². The van der Waals surface area contributed by atoms with Crippen LogP contribution in [0.15, 0.2) is 5.10 Å². The van der Waals surface area contributed by atoms with Gasteiger partial charge in [-0.2, -0.15) is 5.10 Å². The van der Waals surface area contributed by atoms with Crippen LogP contribution in [-0.2, 0) is 4.79 Å². The number of rotatable bonds is 1. The number of hydrogen-bond donors (Lipinski definition) is 1. The number of amides is 1. The Hall–Kier alpha value is -0.860. The monoisotopic (exact) mass is 130 g/mol. The highest BCUT2D eigenvalue weighted by molar-refractivity contribution is 5.73. The Labute approximate surface area is 56.1 Å². The van der Waals surface area contributed by atoms with Gasteiger partial charge in [0.2, 0.25) is 5.91 Å². The SMILES string of the molecule is C/C=N\NC(C)=O.CC. The second kappa shape index (κ2) is 10.2. The summed E-state index contributed by atoms with van der Waals surface area (Å²) >= 11 is 0. The smallest absolute Gasteiger partial charge is 0.236 e. The Morgan fingerprint density at radius 2 is 2.00 bits per heavy atom. The highest BCUT2D eigenvalue weighted by atomic mass is 16.2. The van der Waals surface area contributed by atoms with Crippen LogP contribution >= 0.6 is 0 Å². The van der Waals surface area contributed by atoms with E-state index < -0.39 is 0 Å². The number of carbonyl (C=O) groups excluding carboxylic acids is 1. The second-order valence-corrected chi connectivity index (χ2v) is 1.06. The van der Waals surface area contributed by atoms with Crippen molar-refractivity contribution in [2.75, 3.05) is 0 Å². The van der Waals surface area contributed by atoms with Crippen molar-refractivity contribution in [2.45, 2.75) is 27.7 Å². The van der Waals surface area contributed by atoms with Crippen LogP contribution in [0.25, 0.3) is 0 Å². The van der Waals surface area contributed by atoms with E-state index >= 15 is 0 Å². The molecule has 54 valence electrons. The molecule has 3 heteroatoms. The van der Waals surface area contributed by atoms with Crippen molar-refractivity contribution in [1.29, 1.82) is 0 Å². The average molecular weight is 130 g/mol. The lowest BCUT2D eigenvalue weighted by molar-refractivity contribution is -0.118. The molecule has 0 heterocycles. The van der Waals surface area contributed by atoms with Gasteiger partial charge in [0.1, 0.15) is 0 Å². The molecular formula is C6H14N2O. The summed E-state index contributed by atoms with van der Waals surface area (Å²) in [4.78, 5) is 9.98. The van der Waals surface area contributed by atoms with E-state index in [1.165, 1.54) is 13.1 Å². The topological polar surface area (TPSA) is 41.5 Å². The van der Waals surface area contributed by atoms with Crippen LogP contribution in [0.5, 0.6) is 0 Å². The van der Waals surface area contributed by atoms with Gasteiger partial charge in [0.15, 0.2) is 0 Å². The average Bonchev–Trinajstić information content (AvgIpc) is 1.88. The maximum absolute atomic E-state index is 9.98. The van der Waals surface area contributed by atoms with E-state index in [9.17, 15) is 4.79 Å². The Morgan fingerprint density at radius 1 is 1.56 bits per heavy atom.